The number of benzene rings is 1. The number of halogens is 2. The molecule has 1 amide bonds. The van der Waals surface area contributed by atoms with Crippen molar-refractivity contribution in [1.82, 2.24) is 24.9 Å². The van der Waals surface area contributed by atoms with Crippen LogP contribution >= 0.6 is 11.6 Å². The topological polar surface area (TPSA) is 78.8 Å². The molecule has 7 nitrogen and oxygen atoms in total. The molecule has 2 aromatic heterocycles. The van der Waals surface area contributed by atoms with Crippen LogP contribution in [0.25, 0.3) is 29.0 Å². The third kappa shape index (κ3) is 5.07. The lowest BCUT2D eigenvalue weighted by atomic mass is 10.0. The fourth-order valence-electron chi connectivity index (χ4n) is 4.08. The Morgan fingerprint density at radius 3 is 2.76 bits per heavy atom. The number of allylic oxidation sites excluding steroid dienone is 1. The molecule has 2 N–H and O–H groups in total. The Bertz CT molecular complexity index is 1200. The van der Waals surface area contributed by atoms with Crippen molar-refractivity contribution < 1.29 is 9.18 Å². The molecule has 1 fully saturated rings. The van der Waals surface area contributed by atoms with E-state index in [1.54, 1.807) is 29.9 Å². The maximum Gasteiger partial charge on any atom is 0.238 e. The van der Waals surface area contributed by atoms with E-state index in [2.05, 4.69) is 32.1 Å². The van der Waals surface area contributed by atoms with Gasteiger partial charge in [-0.2, -0.15) is 10.2 Å². The summed E-state index contributed by atoms with van der Waals surface area (Å²) in [6.45, 7) is 7.72. The molecule has 172 valence electrons. The molecule has 0 spiro atoms. The third-order valence-corrected chi connectivity index (χ3v) is 5.96. The van der Waals surface area contributed by atoms with Gasteiger partial charge in [0.2, 0.25) is 5.91 Å². The molecular weight excluding hydrogens is 443 g/mol. The van der Waals surface area contributed by atoms with E-state index in [-0.39, 0.29) is 16.5 Å². The number of aromatic nitrogens is 4. The van der Waals surface area contributed by atoms with Crippen molar-refractivity contribution in [3.05, 3.63) is 58.8 Å². The first-order valence-electron chi connectivity index (χ1n) is 10.8. The van der Waals surface area contributed by atoms with Crippen molar-refractivity contribution in [2.24, 2.45) is 7.05 Å². The Morgan fingerprint density at radius 2 is 2.12 bits per heavy atom. The van der Waals surface area contributed by atoms with Crippen LogP contribution in [-0.4, -0.2) is 50.4 Å². The minimum Gasteiger partial charge on any atom is -0.325 e. The molecule has 33 heavy (non-hydrogen) atoms. The average Bonchev–Trinajstić information content (AvgIpc) is 3.49. The molecule has 1 aliphatic rings. The quantitative estimate of drug-likeness (QED) is 0.520. The molecule has 4 rings (SSSR count). The zero-order valence-corrected chi connectivity index (χ0v) is 19.4. The summed E-state index contributed by atoms with van der Waals surface area (Å²) in [4.78, 5) is 14.4. The third-order valence-electron chi connectivity index (χ3n) is 5.66. The first kappa shape index (κ1) is 22.9. The monoisotopic (exact) mass is 468 g/mol. The molecule has 0 radical (unpaired) electrons. The number of carbonyl (C=O) groups excluding carboxylic acids is 1. The van der Waals surface area contributed by atoms with Crippen LogP contribution in [0.2, 0.25) is 5.02 Å². The van der Waals surface area contributed by atoms with Gasteiger partial charge in [0, 0.05) is 35.6 Å². The zero-order valence-electron chi connectivity index (χ0n) is 18.7. The van der Waals surface area contributed by atoms with E-state index < -0.39 is 5.82 Å². The van der Waals surface area contributed by atoms with Crippen molar-refractivity contribution in [3.63, 3.8) is 0 Å². The summed E-state index contributed by atoms with van der Waals surface area (Å²) in [7, 11) is 1.83. The molecule has 1 aliphatic heterocycles. The Morgan fingerprint density at radius 1 is 1.36 bits per heavy atom. The molecule has 3 heterocycles. The number of H-pyrrole nitrogens is 1. The molecule has 9 heteroatoms. The summed E-state index contributed by atoms with van der Waals surface area (Å²) in [6.07, 6.45) is 9.23. The normalized spacial score (nSPS) is 14.6. The number of nitrogens with one attached hydrogen (secondary N) is 2. The Hall–Kier alpha value is -3.23. The van der Waals surface area contributed by atoms with Gasteiger partial charge in [0.05, 0.1) is 23.5 Å². The maximum atomic E-state index is 15.1. The SMILES string of the molecule is C=Cc1[nH]nc(-c2cnn(C)c2)c1/C=C(\C)c1c(F)cc(NC(=O)CN2CCCC2)cc1Cl. The molecule has 0 aliphatic carbocycles. The summed E-state index contributed by atoms with van der Waals surface area (Å²) in [5.74, 6) is -0.693. The van der Waals surface area contributed by atoms with E-state index in [1.807, 2.05) is 19.3 Å². The van der Waals surface area contributed by atoms with Gasteiger partial charge >= 0.3 is 0 Å². The highest BCUT2D eigenvalue weighted by atomic mass is 35.5. The number of carbonyl (C=O) groups is 1. The number of likely N-dealkylation sites (tertiary alicyclic amines) is 1. The lowest BCUT2D eigenvalue weighted by Gasteiger charge is -2.15. The molecule has 1 saturated heterocycles. The first-order valence-corrected chi connectivity index (χ1v) is 11.1. The summed E-state index contributed by atoms with van der Waals surface area (Å²) < 4.78 is 16.8. The first-order chi connectivity index (χ1) is 15.9. The van der Waals surface area contributed by atoms with E-state index in [0.717, 1.165) is 37.1 Å². The Balaban J connectivity index is 1.61. The highest BCUT2D eigenvalue weighted by molar-refractivity contribution is 6.33. The van der Waals surface area contributed by atoms with Gasteiger partial charge in [-0.15, -0.1) is 0 Å². The standard InChI is InChI=1S/C24H26ClFN6O/c1-4-21-18(24(30-29-21)16-12-27-31(3)13-16)9-15(2)23-19(25)10-17(11-20(23)26)28-22(33)14-32-7-5-6-8-32/h4,9-13H,1,5-8,14H2,2-3H3,(H,28,33)(H,29,30)/b15-9+. The molecule has 0 saturated carbocycles. The second-order valence-electron chi connectivity index (χ2n) is 8.18. The minimum atomic E-state index is -0.515. The van der Waals surface area contributed by atoms with Crippen LogP contribution in [0.3, 0.4) is 0 Å². The smallest absolute Gasteiger partial charge is 0.238 e. The number of rotatable bonds is 7. The number of anilines is 1. The highest BCUT2D eigenvalue weighted by Gasteiger charge is 2.18. The van der Waals surface area contributed by atoms with Gasteiger partial charge in [-0.25, -0.2) is 4.39 Å². The predicted molar refractivity (Wildman–Crippen MR) is 130 cm³/mol. The van der Waals surface area contributed by atoms with E-state index in [4.69, 9.17) is 11.6 Å². The van der Waals surface area contributed by atoms with Gasteiger partial charge in [-0.1, -0.05) is 18.2 Å². The van der Waals surface area contributed by atoms with Crippen LogP contribution < -0.4 is 5.32 Å². The zero-order chi connectivity index (χ0) is 23.5. The van der Waals surface area contributed by atoms with Crippen LogP contribution in [0.5, 0.6) is 0 Å². The van der Waals surface area contributed by atoms with Crippen LogP contribution in [0, 0.1) is 5.82 Å². The fourth-order valence-corrected chi connectivity index (χ4v) is 4.44. The lowest BCUT2D eigenvalue weighted by molar-refractivity contribution is -0.117. The Kier molecular flexibility index (Phi) is 6.76. The van der Waals surface area contributed by atoms with Crippen molar-refractivity contribution in [3.8, 4) is 11.3 Å². The molecule has 0 atom stereocenters. The van der Waals surface area contributed by atoms with Crippen LogP contribution in [-0.2, 0) is 11.8 Å². The number of aryl methyl sites for hydroxylation is 1. The molecular formula is C24H26ClFN6O. The van der Waals surface area contributed by atoms with Gasteiger partial charge in [-0.3, -0.25) is 19.5 Å². The maximum absolute atomic E-state index is 15.1. The van der Waals surface area contributed by atoms with Gasteiger partial charge in [0.1, 0.15) is 11.5 Å². The average molecular weight is 469 g/mol. The van der Waals surface area contributed by atoms with E-state index in [9.17, 15) is 4.79 Å². The molecule has 0 bridgehead atoms. The van der Waals surface area contributed by atoms with Gasteiger partial charge in [-0.05, 0) is 62.7 Å². The number of amides is 1. The largest absolute Gasteiger partial charge is 0.325 e. The predicted octanol–water partition coefficient (Wildman–Crippen LogP) is 4.84. The molecule has 0 unspecified atom stereocenters. The lowest BCUT2D eigenvalue weighted by Crippen LogP contribution is -2.30. The summed E-state index contributed by atoms with van der Waals surface area (Å²) in [5, 5.41) is 14.5. The summed E-state index contributed by atoms with van der Waals surface area (Å²) in [6, 6.07) is 2.87. The van der Waals surface area contributed by atoms with E-state index in [1.165, 1.54) is 6.07 Å². The van der Waals surface area contributed by atoms with Crippen molar-refractivity contribution in [2.75, 3.05) is 25.0 Å². The number of aromatic amines is 1. The second kappa shape index (κ2) is 9.72. The molecule has 3 aromatic rings. The van der Waals surface area contributed by atoms with Crippen LogP contribution in [0.15, 0.2) is 31.1 Å². The van der Waals surface area contributed by atoms with E-state index in [0.29, 0.717) is 29.2 Å². The van der Waals surface area contributed by atoms with Crippen molar-refractivity contribution >= 4 is 40.9 Å². The summed E-state index contributed by atoms with van der Waals surface area (Å²) >= 11 is 6.46. The second-order valence-corrected chi connectivity index (χ2v) is 8.59. The fraction of sp³-hybridized carbons (Fsp3) is 0.292. The Labute approximate surface area is 196 Å². The van der Waals surface area contributed by atoms with Crippen LogP contribution in [0.4, 0.5) is 10.1 Å². The summed E-state index contributed by atoms with van der Waals surface area (Å²) in [5.41, 5.74) is 4.18. The minimum absolute atomic E-state index is 0.178. The highest BCUT2D eigenvalue weighted by Crippen LogP contribution is 2.34. The number of hydrogen-bond donors (Lipinski definition) is 2. The van der Waals surface area contributed by atoms with E-state index >= 15 is 4.39 Å². The number of hydrogen-bond acceptors (Lipinski definition) is 4. The van der Waals surface area contributed by atoms with Gasteiger partial charge < -0.3 is 5.32 Å². The van der Waals surface area contributed by atoms with Gasteiger partial charge in [0.25, 0.3) is 0 Å². The van der Waals surface area contributed by atoms with Crippen molar-refractivity contribution in [2.45, 2.75) is 19.8 Å². The van der Waals surface area contributed by atoms with Crippen molar-refractivity contribution in [1.29, 1.82) is 0 Å². The molecule has 1 aromatic carbocycles. The van der Waals surface area contributed by atoms with Gasteiger partial charge in [0.15, 0.2) is 0 Å². The van der Waals surface area contributed by atoms with Crippen LogP contribution in [0.1, 0.15) is 36.6 Å². The number of nitrogens with zero attached hydrogens (tertiary/aromatic N) is 4.